The molecule has 18 heavy (non-hydrogen) atoms. The molecule has 0 atom stereocenters. The van der Waals surface area contributed by atoms with E-state index in [1.165, 1.54) is 13.8 Å². The third kappa shape index (κ3) is 3.58. The molecule has 0 saturated heterocycles. The summed E-state index contributed by atoms with van der Waals surface area (Å²) in [4.78, 5) is 22.6. The molecule has 0 radical (unpaired) electrons. The van der Waals surface area contributed by atoms with E-state index < -0.39 is 11.9 Å². The number of carboxylic acid groups (broad SMARTS) is 1. The minimum atomic E-state index is -1.11. The fourth-order valence-electron chi connectivity index (χ4n) is 1.14. The Labute approximate surface area is 118 Å². The summed E-state index contributed by atoms with van der Waals surface area (Å²) in [5.74, 6) is -1.57. The molecule has 1 aromatic rings. The monoisotopic (exact) mass is 331 g/mol. The van der Waals surface area contributed by atoms with E-state index in [1.54, 1.807) is 18.2 Å². The zero-order chi connectivity index (χ0) is 13.9. The maximum atomic E-state index is 11.8. The minimum absolute atomic E-state index is 0.0117. The lowest BCUT2D eigenvalue weighted by Gasteiger charge is -2.09. The van der Waals surface area contributed by atoms with Gasteiger partial charge in [-0.05, 0) is 48.0 Å². The summed E-state index contributed by atoms with van der Waals surface area (Å²) in [6.07, 6.45) is 0. The Balaban J connectivity index is 2.95. The van der Waals surface area contributed by atoms with Crippen molar-refractivity contribution in [1.29, 1.82) is 0 Å². The van der Waals surface area contributed by atoms with Crippen LogP contribution in [0.5, 0.6) is 0 Å². The molecule has 0 aromatic heterocycles. The highest BCUT2D eigenvalue weighted by molar-refractivity contribution is 9.10. The Morgan fingerprint density at radius 1 is 1.28 bits per heavy atom. The van der Waals surface area contributed by atoms with Crippen LogP contribution in [0.4, 0.5) is 5.69 Å². The van der Waals surface area contributed by atoms with Gasteiger partial charge in [-0.25, -0.2) is 4.79 Å². The number of amides is 1. The summed E-state index contributed by atoms with van der Waals surface area (Å²) in [5, 5.41) is 11.9. The molecule has 1 rings (SSSR count). The second-order valence-corrected chi connectivity index (χ2v) is 4.92. The van der Waals surface area contributed by atoms with Crippen LogP contribution in [-0.4, -0.2) is 17.0 Å². The lowest BCUT2D eigenvalue weighted by atomic mass is 10.1. The molecule has 0 unspecified atom stereocenters. The molecule has 0 bridgehead atoms. The molecule has 6 heteroatoms. The Morgan fingerprint density at radius 3 is 2.39 bits per heavy atom. The van der Waals surface area contributed by atoms with Gasteiger partial charge in [0.2, 0.25) is 0 Å². The zero-order valence-corrected chi connectivity index (χ0v) is 12.1. The van der Waals surface area contributed by atoms with Crippen LogP contribution in [0.3, 0.4) is 0 Å². The molecular formula is C12H11BrClNO3. The molecule has 1 amide bonds. The first-order valence-electron chi connectivity index (χ1n) is 5.00. The van der Waals surface area contributed by atoms with Crippen LogP contribution in [0.1, 0.15) is 13.8 Å². The van der Waals surface area contributed by atoms with Gasteiger partial charge in [0.15, 0.2) is 0 Å². The largest absolute Gasteiger partial charge is 0.478 e. The Kier molecular flexibility index (Phi) is 4.93. The van der Waals surface area contributed by atoms with E-state index >= 15 is 0 Å². The molecule has 4 nitrogen and oxygen atoms in total. The predicted octanol–water partition coefficient (Wildman–Crippen LogP) is 3.46. The maximum Gasteiger partial charge on any atom is 0.331 e. The van der Waals surface area contributed by atoms with Gasteiger partial charge in [0.25, 0.3) is 5.91 Å². The van der Waals surface area contributed by atoms with Crippen LogP contribution in [0.25, 0.3) is 0 Å². The van der Waals surface area contributed by atoms with E-state index in [0.717, 1.165) is 0 Å². The fraction of sp³-hybridized carbons (Fsp3) is 0.167. The number of aliphatic carboxylic acids is 1. The standard InChI is InChI=1S/C12H11BrClNO3/c1-6(7(2)12(17)18)11(16)15-10-4-3-8(14)5-9(10)13/h3-5H,1-2H3,(H,15,16)(H,17,18)/b7-6+. The van der Waals surface area contributed by atoms with Gasteiger partial charge in [0.1, 0.15) is 0 Å². The summed E-state index contributed by atoms with van der Waals surface area (Å²) in [7, 11) is 0. The predicted molar refractivity (Wildman–Crippen MR) is 73.8 cm³/mol. The highest BCUT2D eigenvalue weighted by Gasteiger charge is 2.13. The number of benzene rings is 1. The maximum absolute atomic E-state index is 11.8. The molecule has 0 saturated carbocycles. The van der Waals surface area contributed by atoms with Gasteiger partial charge >= 0.3 is 5.97 Å². The number of anilines is 1. The molecule has 96 valence electrons. The first-order chi connectivity index (χ1) is 8.32. The molecular weight excluding hydrogens is 321 g/mol. The van der Waals surface area contributed by atoms with Gasteiger partial charge in [-0.2, -0.15) is 0 Å². The van der Waals surface area contributed by atoms with E-state index in [4.69, 9.17) is 16.7 Å². The summed E-state index contributed by atoms with van der Waals surface area (Å²) in [5.41, 5.74) is 0.698. The van der Waals surface area contributed by atoms with Gasteiger partial charge in [-0.15, -0.1) is 0 Å². The number of carbonyl (C=O) groups excluding carboxylic acids is 1. The van der Waals surface area contributed by atoms with Crippen LogP contribution in [-0.2, 0) is 9.59 Å². The third-order valence-electron chi connectivity index (χ3n) is 2.40. The number of carboxylic acids is 1. The quantitative estimate of drug-likeness (QED) is 0.833. The number of halogens is 2. The van der Waals surface area contributed by atoms with Crippen molar-refractivity contribution in [3.05, 3.63) is 38.8 Å². The second-order valence-electron chi connectivity index (χ2n) is 3.63. The molecule has 0 heterocycles. The molecule has 0 fully saturated rings. The normalized spacial score (nSPS) is 11.8. The third-order valence-corrected chi connectivity index (χ3v) is 3.29. The van der Waals surface area contributed by atoms with Crippen LogP contribution >= 0.6 is 27.5 Å². The van der Waals surface area contributed by atoms with Gasteiger partial charge in [-0.3, -0.25) is 4.79 Å². The Bertz CT molecular complexity index is 540. The van der Waals surface area contributed by atoms with Crippen molar-refractivity contribution in [2.75, 3.05) is 5.32 Å². The van der Waals surface area contributed by atoms with Crippen LogP contribution in [0, 0.1) is 0 Å². The summed E-state index contributed by atoms with van der Waals surface area (Å²) < 4.78 is 0.629. The average molecular weight is 333 g/mol. The van der Waals surface area contributed by atoms with Gasteiger partial charge < -0.3 is 10.4 Å². The van der Waals surface area contributed by atoms with Crippen molar-refractivity contribution in [1.82, 2.24) is 0 Å². The topological polar surface area (TPSA) is 66.4 Å². The lowest BCUT2D eigenvalue weighted by molar-refractivity contribution is -0.133. The fourth-order valence-corrected chi connectivity index (χ4v) is 1.92. The number of hydrogen-bond donors (Lipinski definition) is 2. The Morgan fingerprint density at radius 2 is 1.89 bits per heavy atom. The van der Waals surface area contributed by atoms with Crippen molar-refractivity contribution in [3.8, 4) is 0 Å². The van der Waals surface area contributed by atoms with E-state index in [1.807, 2.05) is 0 Å². The lowest BCUT2D eigenvalue weighted by Crippen LogP contribution is -2.16. The van der Waals surface area contributed by atoms with Gasteiger partial charge in [0.05, 0.1) is 5.69 Å². The summed E-state index contributed by atoms with van der Waals surface area (Å²) >= 11 is 9.04. The highest BCUT2D eigenvalue weighted by atomic mass is 79.9. The summed E-state index contributed by atoms with van der Waals surface area (Å²) in [6.45, 7) is 2.84. The molecule has 0 aliphatic heterocycles. The van der Waals surface area contributed by atoms with Crippen molar-refractivity contribution < 1.29 is 14.7 Å². The van der Waals surface area contributed by atoms with E-state index in [2.05, 4.69) is 21.2 Å². The van der Waals surface area contributed by atoms with E-state index in [-0.39, 0.29) is 11.1 Å². The number of rotatable bonds is 3. The van der Waals surface area contributed by atoms with Crippen molar-refractivity contribution in [3.63, 3.8) is 0 Å². The molecule has 0 spiro atoms. The SMILES string of the molecule is C/C(C(=O)O)=C(/C)C(=O)Nc1ccc(Cl)cc1Br. The Hall–Kier alpha value is -1.33. The smallest absolute Gasteiger partial charge is 0.331 e. The zero-order valence-electron chi connectivity index (χ0n) is 9.75. The average Bonchev–Trinajstić information content (AvgIpc) is 2.30. The van der Waals surface area contributed by atoms with Gasteiger partial charge in [0, 0.05) is 20.6 Å². The second kappa shape index (κ2) is 6.02. The minimum Gasteiger partial charge on any atom is -0.478 e. The van der Waals surface area contributed by atoms with Crippen molar-refractivity contribution in [2.45, 2.75) is 13.8 Å². The van der Waals surface area contributed by atoms with E-state index in [9.17, 15) is 9.59 Å². The van der Waals surface area contributed by atoms with Crippen molar-refractivity contribution in [2.24, 2.45) is 0 Å². The van der Waals surface area contributed by atoms with Crippen molar-refractivity contribution >= 4 is 45.1 Å². The highest BCUT2D eigenvalue weighted by Crippen LogP contribution is 2.26. The first kappa shape index (κ1) is 14.7. The molecule has 0 aliphatic carbocycles. The molecule has 0 aliphatic rings. The first-order valence-corrected chi connectivity index (χ1v) is 6.17. The number of nitrogens with one attached hydrogen (secondary N) is 1. The van der Waals surface area contributed by atoms with Crippen LogP contribution < -0.4 is 5.32 Å². The van der Waals surface area contributed by atoms with E-state index in [0.29, 0.717) is 15.2 Å². The van der Waals surface area contributed by atoms with Gasteiger partial charge in [-0.1, -0.05) is 11.6 Å². The van der Waals surface area contributed by atoms with Crippen LogP contribution in [0.2, 0.25) is 5.02 Å². The summed E-state index contributed by atoms with van der Waals surface area (Å²) in [6, 6.07) is 4.90. The van der Waals surface area contributed by atoms with Crippen LogP contribution in [0.15, 0.2) is 33.8 Å². The molecule has 2 N–H and O–H groups in total. The molecule has 1 aromatic carbocycles. The number of hydrogen-bond acceptors (Lipinski definition) is 2. The number of carbonyl (C=O) groups is 2.